The number of aromatic nitrogens is 2. The lowest BCUT2D eigenvalue weighted by Gasteiger charge is -2.11. The first-order valence-electron chi connectivity index (χ1n) is 9.15. The average molecular weight is 363 g/mol. The molecule has 0 fully saturated rings. The summed E-state index contributed by atoms with van der Waals surface area (Å²) in [5.41, 5.74) is 9.57. The van der Waals surface area contributed by atoms with E-state index < -0.39 is 0 Å². The average Bonchev–Trinajstić information content (AvgIpc) is 2.65. The van der Waals surface area contributed by atoms with Gasteiger partial charge in [0.2, 0.25) is 0 Å². The Bertz CT molecular complexity index is 892. The Hall–Kier alpha value is -3.08. The maximum atomic E-state index is 9.99. The van der Waals surface area contributed by atoms with Gasteiger partial charge < -0.3 is 15.6 Å². The van der Waals surface area contributed by atoms with E-state index in [9.17, 15) is 5.11 Å². The van der Waals surface area contributed by atoms with Gasteiger partial charge in [-0.05, 0) is 35.6 Å². The number of phenols is 1. The van der Waals surface area contributed by atoms with Crippen LogP contribution in [0.3, 0.4) is 0 Å². The lowest BCUT2D eigenvalue weighted by molar-refractivity contribution is 0.322. The van der Waals surface area contributed by atoms with Gasteiger partial charge >= 0.3 is 0 Å². The second-order valence-electron chi connectivity index (χ2n) is 7.01. The maximum Gasteiger partial charge on any atom is 0.188 e. The van der Waals surface area contributed by atoms with Crippen LogP contribution in [0.1, 0.15) is 25.0 Å². The number of hydrogen-bond acceptors (Lipinski definition) is 5. The van der Waals surface area contributed by atoms with Gasteiger partial charge in [0.1, 0.15) is 11.4 Å². The molecule has 0 unspecified atom stereocenters. The van der Waals surface area contributed by atoms with E-state index in [1.54, 1.807) is 24.3 Å². The van der Waals surface area contributed by atoms with Gasteiger partial charge in [-0.1, -0.05) is 50.2 Å². The van der Waals surface area contributed by atoms with Gasteiger partial charge in [-0.2, -0.15) is 0 Å². The van der Waals surface area contributed by atoms with E-state index in [2.05, 4.69) is 48.3 Å². The van der Waals surface area contributed by atoms with Crippen molar-refractivity contribution in [3.05, 3.63) is 65.7 Å². The predicted molar refractivity (Wildman–Crippen MR) is 108 cm³/mol. The Labute approximate surface area is 159 Å². The van der Waals surface area contributed by atoms with Crippen molar-refractivity contribution in [1.29, 1.82) is 0 Å². The van der Waals surface area contributed by atoms with E-state index in [4.69, 9.17) is 10.5 Å². The molecule has 0 aliphatic heterocycles. The summed E-state index contributed by atoms with van der Waals surface area (Å²) in [6, 6.07) is 17.3. The fourth-order valence-electron chi connectivity index (χ4n) is 2.91. The molecule has 0 saturated heterocycles. The summed E-state index contributed by atoms with van der Waals surface area (Å²) in [5.74, 6) is 1.50. The molecule has 0 aliphatic rings. The molecule has 27 heavy (non-hydrogen) atoms. The zero-order chi connectivity index (χ0) is 19.2. The predicted octanol–water partition coefficient (Wildman–Crippen LogP) is 4.25. The summed E-state index contributed by atoms with van der Waals surface area (Å²) in [6.45, 7) is 4.93. The van der Waals surface area contributed by atoms with Crippen molar-refractivity contribution in [3.8, 4) is 22.8 Å². The van der Waals surface area contributed by atoms with Gasteiger partial charge in [0.15, 0.2) is 11.6 Å². The minimum atomic E-state index is 0.143. The van der Waals surface area contributed by atoms with Crippen LogP contribution in [0.4, 0.5) is 5.82 Å². The topological polar surface area (TPSA) is 81.3 Å². The van der Waals surface area contributed by atoms with E-state index in [-0.39, 0.29) is 11.6 Å². The zero-order valence-corrected chi connectivity index (χ0v) is 15.7. The highest BCUT2D eigenvalue weighted by Gasteiger charge is 2.10. The smallest absolute Gasteiger partial charge is 0.188 e. The second kappa shape index (κ2) is 8.54. The number of aromatic hydroxyl groups is 1. The van der Waals surface area contributed by atoms with Crippen LogP contribution in [-0.4, -0.2) is 21.9 Å². The van der Waals surface area contributed by atoms with E-state index in [0.29, 0.717) is 29.5 Å². The number of phenolic OH excluding ortho intramolecular Hbond substituents is 1. The number of hydrogen-bond donors (Lipinski definition) is 2. The molecule has 0 radical (unpaired) electrons. The van der Waals surface area contributed by atoms with Crippen LogP contribution >= 0.6 is 0 Å². The highest BCUT2D eigenvalue weighted by Crippen LogP contribution is 2.30. The third-order valence-corrected chi connectivity index (χ3v) is 4.28. The van der Waals surface area contributed by atoms with Gasteiger partial charge in [-0.3, -0.25) is 0 Å². The SMILES string of the molecule is CC(C)Cc1ccc(CCOc2cc(-c3ccccc3O)nnc2N)cc1. The molecule has 0 aliphatic carbocycles. The highest BCUT2D eigenvalue weighted by atomic mass is 16.5. The molecule has 0 atom stereocenters. The lowest BCUT2D eigenvalue weighted by atomic mass is 10.0. The van der Waals surface area contributed by atoms with Crippen LogP contribution in [0, 0.1) is 5.92 Å². The summed E-state index contributed by atoms with van der Waals surface area (Å²) in [7, 11) is 0. The normalized spacial score (nSPS) is 10.9. The first-order chi connectivity index (χ1) is 13.0. The molecule has 0 amide bonds. The third-order valence-electron chi connectivity index (χ3n) is 4.28. The number of anilines is 1. The third kappa shape index (κ3) is 4.97. The maximum absolute atomic E-state index is 9.99. The minimum absolute atomic E-state index is 0.143. The number of benzene rings is 2. The van der Waals surface area contributed by atoms with Gasteiger partial charge in [-0.15, -0.1) is 10.2 Å². The number of nitrogen functional groups attached to an aromatic ring is 1. The van der Waals surface area contributed by atoms with Crippen LogP contribution < -0.4 is 10.5 Å². The number of para-hydroxylation sites is 1. The molecule has 140 valence electrons. The molecule has 1 aromatic heterocycles. The van der Waals surface area contributed by atoms with E-state index >= 15 is 0 Å². The van der Waals surface area contributed by atoms with Crippen molar-refractivity contribution in [3.63, 3.8) is 0 Å². The molecule has 0 bridgehead atoms. The molecular weight excluding hydrogens is 338 g/mol. The van der Waals surface area contributed by atoms with Crippen molar-refractivity contribution in [2.75, 3.05) is 12.3 Å². The van der Waals surface area contributed by atoms with Crippen molar-refractivity contribution in [2.45, 2.75) is 26.7 Å². The number of rotatable bonds is 7. The molecule has 3 rings (SSSR count). The van der Waals surface area contributed by atoms with Crippen molar-refractivity contribution in [2.24, 2.45) is 5.92 Å². The van der Waals surface area contributed by atoms with E-state index in [0.717, 1.165) is 12.8 Å². The number of nitrogens with two attached hydrogens (primary N) is 1. The fraction of sp³-hybridized carbons (Fsp3) is 0.273. The van der Waals surface area contributed by atoms with Crippen molar-refractivity contribution in [1.82, 2.24) is 10.2 Å². The van der Waals surface area contributed by atoms with Crippen molar-refractivity contribution >= 4 is 5.82 Å². The standard InChI is InChI=1S/C22H25N3O2/c1-15(2)13-17-9-7-16(8-10-17)11-12-27-21-14-19(24-25-22(21)23)18-5-3-4-6-20(18)26/h3-10,14-15,26H,11-13H2,1-2H3,(H2,23,25). The lowest BCUT2D eigenvalue weighted by Crippen LogP contribution is -2.06. The minimum Gasteiger partial charge on any atom is -0.507 e. The Morgan fingerprint density at radius 3 is 2.41 bits per heavy atom. The van der Waals surface area contributed by atoms with Gasteiger partial charge in [0, 0.05) is 18.1 Å². The Morgan fingerprint density at radius 1 is 1.00 bits per heavy atom. The van der Waals surface area contributed by atoms with E-state index in [1.807, 2.05) is 6.07 Å². The Kier molecular flexibility index (Phi) is 5.91. The first-order valence-corrected chi connectivity index (χ1v) is 9.15. The van der Waals surface area contributed by atoms with Crippen LogP contribution in [-0.2, 0) is 12.8 Å². The van der Waals surface area contributed by atoms with Crippen LogP contribution in [0.2, 0.25) is 0 Å². The van der Waals surface area contributed by atoms with E-state index in [1.165, 1.54) is 11.1 Å². The molecule has 5 heteroatoms. The largest absolute Gasteiger partial charge is 0.507 e. The summed E-state index contributed by atoms with van der Waals surface area (Å²) >= 11 is 0. The summed E-state index contributed by atoms with van der Waals surface area (Å²) in [4.78, 5) is 0. The summed E-state index contributed by atoms with van der Waals surface area (Å²) < 4.78 is 5.83. The van der Waals surface area contributed by atoms with Gasteiger partial charge in [-0.25, -0.2) is 0 Å². The van der Waals surface area contributed by atoms with Crippen LogP contribution in [0.15, 0.2) is 54.6 Å². The monoisotopic (exact) mass is 363 g/mol. The summed E-state index contributed by atoms with van der Waals surface area (Å²) in [5, 5.41) is 18.0. The Morgan fingerprint density at radius 2 is 1.70 bits per heavy atom. The first kappa shape index (κ1) is 18.7. The quantitative estimate of drug-likeness (QED) is 0.656. The van der Waals surface area contributed by atoms with Gasteiger partial charge in [0.05, 0.1) is 6.61 Å². The highest BCUT2D eigenvalue weighted by molar-refractivity contribution is 5.68. The molecule has 1 heterocycles. The molecule has 0 saturated carbocycles. The van der Waals surface area contributed by atoms with Crippen molar-refractivity contribution < 1.29 is 9.84 Å². The number of ether oxygens (including phenoxy) is 1. The molecule has 2 aromatic carbocycles. The zero-order valence-electron chi connectivity index (χ0n) is 15.7. The number of nitrogens with zero attached hydrogens (tertiary/aromatic N) is 2. The van der Waals surface area contributed by atoms with Crippen LogP contribution in [0.25, 0.3) is 11.3 Å². The van der Waals surface area contributed by atoms with Gasteiger partial charge in [0.25, 0.3) is 0 Å². The fourth-order valence-corrected chi connectivity index (χ4v) is 2.91. The molecule has 3 aromatic rings. The van der Waals surface area contributed by atoms with Crippen LogP contribution in [0.5, 0.6) is 11.5 Å². The second-order valence-corrected chi connectivity index (χ2v) is 7.01. The Balaban J connectivity index is 1.64. The molecular formula is C22H25N3O2. The molecule has 5 nitrogen and oxygen atoms in total. The molecule has 3 N–H and O–H groups in total. The summed E-state index contributed by atoms with van der Waals surface area (Å²) in [6.07, 6.45) is 1.86. The molecule has 0 spiro atoms.